The normalized spacial score (nSPS) is 11.5. The first-order valence-electron chi connectivity index (χ1n) is 10.2. The second-order valence-corrected chi connectivity index (χ2v) is 8.65. The van der Waals surface area contributed by atoms with E-state index in [4.69, 9.17) is 16.3 Å². The summed E-state index contributed by atoms with van der Waals surface area (Å²) in [5.41, 5.74) is 1.59. The number of halogens is 3. The smallest absolute Gasteiger partial charge is 0.261 e. The summed E-state index contributed by atoms with van der Waals surface area (Å²) >= 11 is 9.53. The van der Waals surface area contributed by atoms with Crippen LogP contribution in [0.3, 0.4) is 0 Å². The van der Waals surface area contributed by atoms with Gasteiger partial charge in [0.25, 0.3) is 5.91 Å². The number of carbonyl (C=O) groups is 2. The van der Waals surface area contributed by atoms with Gasteiger partial charge in [-0.15, -0.1) is 0 Å². The second-order valence-electron chi connectivity index (χ2n) is 7.33. The van der Waals surface area contributed by atoms with E-state index in [1.165, 1.54) is 24.1 Å². The van der Waals surface area contributed by atoms with E-state index >= 15 is 0 Å². The van der Waals surface area contributed by atoms with Gasteiger partial charge in [0.1, 0.15) is 17.6 Å². The standard InChI is InChI=1S/C25H23BrClFN2O3/c1-29-25(32)22(13-17-5-3-2-4-6-17)30(15-18-7-10-20(28)11-8-18)24(31)16-33-23-12-9-19(26)14-21(23)27/h2-12,14,22H,13,15-16H2,1H3,(H,29,32)/t22-/m1/s1. The molecule has 0 aliphatic carbocycles. The summed E-state index contributed by atoms with van der Waals surface area (Å²) in [6.45, 7) is -0.202. The molecule has 0 radical (unpaired) electrons. The summed E-state index contributed by atoms with van der Waals surface area (Å²) in [6, 6.07) is 19.5. The molecule has 0 spiro atoms. The van der Waals surface area contributed by atoms with Crippen LogP contribution < -0.4 is 10.1 Å². The van der Waals surface area contributed by atoms with E-state index in [1.54, 1.807) is 30.3 Å². The average molecular weight is 534 g/mol. The Morgan fingerprint density at radius 1 is 1.06 bits per heavy atom. The lowest BCUT2D eigenvalue weighted by Gasteiger charge is -2.31. The molecule has 172 valence electrons. The Kier molecular flexibility index (Phi) is 8.86. The zero-order valence-electron chi connectivity index (χ0n) is 17.9. The number of nitrogens with one attached hydrogen (secondary N) is 1. The number of amides is 2. The highest BCUT2D eigenvalue weighted by Gasteiger charge is 2.30. The number of hydrogen-bond acceptors (Lipinski definition) is 3. The lowest BCUT2D eigenvalue weighted by molar-refractivity contribution is -0.142. The van der Waals surface area contributed by atoms with Gasteiger partial charge in [0.05, 0.1) is 5.02 Å². The Labute approximate surface area is 205 Å². The Morgan fingerprint density at radius 3 is 2.39 bits per heavy atom. The van der Waals surface area contributed by atoms with Crippen LogP contribution in [0.4, 0.5) is 4.39 Å². The minimum Gasteiger partial charge on any atom is -0.482 e. The highest BCUT2D eigenvalue weighted by molar-refractivity contribution is 9.10. The fourth-order valence-corrected chi connectivity index (χ4v) is 4.05. The predicted octanol–water partition coefficient (Wildman–Crippen LogP) is 5.01. The van der Waals surface area contributed by atoms with Crippen molar-refractivity contribution in [1.82, 2.24) is 10.2 Å². The summed E-state index contributed by atoms with van der Waals surface area (Å²) in [5.74, 6) is -0.731. The van der Waals surface area contributed by atoms with E-state index in [9.17, 15) is 14.0 Å². The van der Waals surface area contributed by atoms with Crippen LogP contribution in [0.5, 0.6) is 5.75 Å². The van der Waals surface area contributed by atoms with Gasteiger partial charge in [-0.25, -0.2) is 4.39 Å². The molecule has 0 aromatic heterocycles. The van der Waals surface area contributed by atoms with E-state index in [-0.39, 0.29) is 24.9 Å². The zero-order chi connectivity index (χ0) is 23.8. The van der Waals surface area contributed by atoms with Crippen molar-refractivity contribution in [2.75, 3.05) is 13.7 Å². The van der Waals surface area contributed by atoms with Gasteiger partial charge < -0.3 is 15.0 Å². The van der Waals surface area contributed by atoms with Crippen LogP contribution in [0.25, 0.3) is 0 Å². The number of nitrogens with zero attached hydrogens (tertiary/aromatic N) is 1. The number of hydrogen-bond donors (Lipinski definition) is 1. The zero-order valence-corrected chi connectivity index (χ0v) is 20.3. The molecule has 0 saturated heterocycles. The first-order valence-corrected chi connectivity index (χ1v) is 11.4. The largest absolute Gasteiger partial charge is 0.482 e. The molecule has 1 N–H and O–H groups in total. The molecule has 3 rings (SSSR count). The molecule has 0 unspecified atom stereocenters. The van der Waals surface area contributed by atoms with E-state index in [0.29, 0.717) is 22.8 Å². The molecule has 0 bridgehead atoms. The molecule has 0 aliphatic rings. The maximum atomic E-state index is 13.4. The Hall–Kier alpha value is -2.90. The molecule has 3 aromatic rings. The molecule has 1 atom stereocenters. The van der Waals surface area contributed by atoms with E-state index in [2.05, 4.69) is 21.2 Å². The lowest BCUT2D eigenvalue weighted by Crippen LogP contribution is -2.51. The average Bonchev–Trinajstić information content (AvgIpc) is 2.82. The summed E-state index contributed by atoms with van der Waals surface area (Å²) in [7, 11) is 1.53. The third-order valence-electron chi connectivity index (χ3n) is 5.03. The van der Waals surface area contributed by atoms with Crippen molar-refractivity contribution in [2.24, 2.45) is 0 Å². The Morgan fingerprint density at radius 2 is 1.76 bits per heavy atom. The van der Waals surface area contributed by atoms with E-state index < -0.39 is 11.9 Å². The van der Waals surface area contributed by atoms with Crippen molar-refractivity contribution < 1.29 is 18.7 Å². The minimum absolute atomic E-state index is 0.113. The van der Waals surface area contributed by atoms with Crippen molar-refractivity contribution >= 4 is 39.3 Å². The molecular formula is C25H23BrClFN2O3. The summed E-state index contributed by atoms with van der Waals surface area (Å²) in [5, 5.41) is 3.00. The van der Waals surface area contributed by atoms with Crippen molar-refractivity contribution in [3.63, 3.8) is 0 Å². The fourth-order valence-electron chi connectivity index (χ4n) is 3.32. The molecule has 5 nitrogen and oxygen atoms in total. The SMILES string of the molecule is CNC(=O)[C@@H](Cc1ccccc1)N(Cc1ccc(F)cc1)C(=O)COc1ccc(Br)cc1Cl. The van der Waals surface area contributed by atoms with Crippen molar-refractivity contribution in [3.8, 4) is 5.75 Å². The molecule has 8 heteroatoms. The maximum absolute atomic E-state index is 13.4. The maximum Gasteiger partial charge on any atom is 0.261 e. The first-order chi connectivity index (χ1) is 15.9. The number of carbonyl (C=O) groups excluding carboxylic acids is 2. The summed E-state index contributed by atoms with van der Waals surface area (Å²) in [4.78, 5) is 27.6. The predicted molar refractivity (Wildman–Crippen MR) is 130 cm³/mol. The van der Waals surface area contributed by atoms with Gasteiger partial charge in [0.15, 0.2) is 6.61 Å². The highest BCUT2D eigenvalue weighted by atomic mass is 79.9. The number of benzene rings is 3. The summed E-state index contributed by atoms with van der Waals surface area (Å²) in [6.07, 6.45) is 0.312. The third-order valence-corrected chi connectivity index (χ3v) is 5.82. The van der Waals surface area contributed by atoms with Crippen LogP contribution in [0, 0.1) is 5.82 Å². The van der Waals surface area contributed by atoms with Gasteiger partial charge in [-0.3, -0.25) is 9.59 Å². The Bertz CT molecular complexity index is 1100. The van der Waals surface area contributed by atoms with Crippen molar-refractivity contribution in [2.45, 2.75) is 19.0 Å². The molecule has 0 aliphatic heterocycles. The van der Waals surface area contributed by atoms with Crippen LogP contribution in [0.1, 0.15) is 11.1 Å². The quantitative estimate of drug-likeness (QED) is 0.421. The molecular weight excluding hydrogens is 511 g/mol. The van der Waals surface area contributed by atoms with Crippen LogP contribution in [0.15, 0.2) is 77.3 Å². The molecule has 33 heavy (non-hydrogen) atoms. The van der Waals surface area contributed by atoms with Crippen LogP contribution in [-0.2, 0) is 22.6 Å². The van der Waals surface area contributed by atoms with Gasteiger partial charge in [-0.2, -0.15) is 0 Å². The Balaban J connectivity index is 1.87. The van der Waals surface area contributed by atoms with Gasteiger partial charge in [-0.05, 0) is 41.5 Å². The van der Waals surface area contributed by atoms with Gasteiger partial charge in [0.2, 0.25) is 5.91 Å². The van der Waals surface area contributed by atoms with Crippen LogP contribution in [-0.4, -0.2) is 36.4 Å². The molecule has 0 heterocycles. The molecule has 3 aromatic carbocycles. The van der Waals surface area contributed by atoms with Gasteiger partial charge in [-0.1, -0.05) is 70.0 Å². The fraction of sp³-hybridized carbons (Fsp3) is 0.200. The van der Waals surface area contributed by atoms with Crippen molar-refractivity contribution in [1.29, 1.82) is 0 Å². The van der Waals surface area contributed by atoms with E-state index in [0.717, 1.165) is 10.0 Å². The van der Waals surface area contributed by atoms with Gasteiger partial charge >= 0.3 is 0 Å². The number of ether oxygens (including phenoxy) is 1. The van der Waals surface area contributed by atoms with E-state index in [1.807, 2.05) is 30.3 Å². The first kappa shape index (κ1) is 24.7. The van der Waals surface area contributed by atoms with Gasteiger partial charge in [0, 0.05) is 24.5 Å². The molecule has 2 amide bonds. The number of likely N-dealkylation sites (N-methyl/N-ethyl adjacent to an activating group) is 1. The van der Waals surface area contributed by atoms with Crippen LogP contribution >= 0.6 is 27.5 Å². The molecule has 0 fully saturated rings. The summed E-state index contributed by atoms with van der Waals surface area (Å²) < 4.78 is 19.9. The van der Waals surface area contributed by atoms with Crippen LogP contribution in [0.2, 0.25) is 5.02 Å². The number of rotatable bonds is 9. The monoisotopic (exact) mass is 532 g/mol. The topological polar surface area (TPSA) is 58.6 Å². The lowest BCUT2D eigenvalue weighted by atomic mass is 10.0. The van der Waals surface area contributed by atoms with Crippen molar-refractivity contribution in [3.05, 3.63) is 99.2 Å². The molecule has 0 saturated carbocycles. The highest BCUT2D eigenvalue weighted by Crippen LogP contribution is 2.28. The minimum atomic E-state index is -0.793. The third kappa shape index (κ3) is 7.04. The second kappa shape index (κ2) is 11.8.